The van der Waals surface area contributed by atoms with E-state index >= 15 is 0 Å². The third kappa shape index (κ3) is 3.24. The zero-order valence-corrected chi connectivity index (χ0v) is 15.8. The number of benzene rings is 2. The monoisotopic (exact) mass is 395 g/mol. The van der Waals surface area contributed by atoms with Crippen LogP contribution in [0.5, 0.6) is 0 Å². The highest BCUT2D eigenvalue weighted by molar-refractivity contribution is 6.25. The number of carbonyl (C=O) groups excluding carboxylic acids is 3. The van der Waals surface area contributed by atoms with Crippen molar-refractivity contribution in [3.63, 3.8) is 0 Å². The summed E-state index contributed by atoms with van der Waals surface area (Å²) < 4.78 is 13.2. The van der Waals surface area contributed by atoms with Crippen molar-refractivity contribution in [2.45, 2.75) is 25.9 Å². The Bertz CT molecular complexity index is 1040. The minimum atomic E-state index is -1.01. The first-order valence-electron chi connectivity index (χ1n) is 9.03. The first-order valence-corrected chi connectivity index (χ1v) is 9.03. The SMILES string of the molecule is Cc1cccc(NC(=O)CN2N=N[C@H]3C(=O)N(c4ccc(F)cc4)C(=O)[C@@H]32)c1C. The molecular weight excluding hydrogens is 377 g/mol. The maximum absolute atomic E-state index is 13.2. The van der Waals surface area contributed by atoms with Crippen LogP contribution in [0.25, 0.3) is 0 Å². The summed E-state index contributed by atoms with van der Waals surface area (Å²) in [5.74, 6) is -1.94. The molecule has 0 saturated carbocycles. The molecule has 1 N–H and O–H groups in total. The Balaban J connectivity index is 1.49. The standard InChI is InChI=1S/C20H18FN5O3/c1-11-4-3-5-15(12(11)2)22-16(27)10-25-18-17(23-24-25)19(28)26(20(18)29)14-8-6-13(21)7-9-14/h3-9,17-18H,10H2,1-2H3,(H,22,27)/t17-,18-/m1/s1. The van der Waals surface area contributed by atoms with Crippen LogP contribution in [0, 0.1) is 19.7 Å². The van der Waals surface area contributed by atoms with Crippen LogP contribution in [0.2, 0.25) is 0 Å². The van der Waals surface area contributed by atoms with E-state index in [-0.39, 0.29) is 18.1 Å². The number of nitrogens with zero attached hydrogens (tertiary/aromatic N) is 4. The lowest BCUT2D eigenvalue weighted by Gasteiger charge is -2.20. The number of aryl methyl sites for hydroxylation is 1. The summed E-state index contributed by atoms with van der Waals surface area (Å²) >= 11 is 0. The Hall–Kier alpha value is -3.62. The predicted molar refractivity (Wildman–Crippen MR) is 103 cm³/mol. The van der Waals surface area contributed by atoms with Gasteiger partial charge in [0.05, 0.1) is 5.69 Å². The molecule has 2 aromatic carbocycles. The highest BCUT2D eigenvalue weighted by Crippen LogP contribution is 2.31. The van der Waals surface area contributed by atoms with Gasteiger partial charge < -0.3 is 5.32 Å². The van der Waals surface area contributed by atoms with E-state index in [2.05, 4.69) is 15.7 Å². The summed E-state index contributed by atoms with van der Waals surface area (Å²) in [4.78, 5) is 38.9. The van der Waals surface area contributed by atoms with Gasteiger partial charge in [-0.25, -0.2) is 9.29 Å². The Labute approximate surface area is 166 Å². The van der Waals surface area contributed by atoms with Gasteiger partial charge in [0.2, 0.25) is 5.91 Å². The van der Waals surface area contributed by atoms with Gasteiger partial charge >= 0.3 is 0 Å². The molecule has 2 aromatic rings. The van der Waals surface area contributed by atoms with Gasteiger partial charge in [-0.3, -0.25) is 19.4 Å². The van der Waals surface area contributed by atoms with Gasteiger partial charge in [-0.2, -0.15) is 5.11 Å². The minimum absolute atomic E-state index is 0.228. The molecule has 1 fully saturated rings. The van der Waals surface area contributed by atoms with Crippen molar-refractivity contribution in [3.05, 3.63) is 59.4 Å². The Morgan fingerprint density at radius 1 is 1.10 bits per heavy atom. The third-order valence-corrected chi connectivity index (χ3v) is 5.13. The second kappa shape index (κ2) is 7.08. The van der Waals surface area contributed by atoms with Crippen molar-refractivity contribution in [1.29, 1.82) is 0 Å². The predicted octanol–water partition coefficient (Wildman–Crippen LogP) is 2.37. The van der Waals surface area contributed by atoms with Gasteiger partial charge in [-0.05, 0) is 55.3 Å². The van der Waals surface area contributed by atoms with E-state index in [1.807, 2.05) is 26.0 Å². The molecule has 3 amide bonds. The van der Waals surface area contributed by atoms with E-state index in [9.17, 15) is 18.8 Å². The lowest BCUT2D eigenvalue weighted by Crippen LogP contribution is -2.43. The highest BCUT2D eigenvalue weighted by atomic mass is 19.1. The average molecular weight is 395 g/mol. The second-order valence-electron chi connectivity index (χ2n) is 6.98. The largest absolute Gasteiger partial charge is 0.324 e. The quantitative estimate of drug-likeness (QED) is 0.804. The molecule has 0 radical (unpaired) electrons. The molecule has 0 spiro atoms. The van der Waals surface area contributed by atoms with Gasteiger partial charge in [-0.15, -0.1) is 0 Å². The molecule has 0 unspecified atom stereocenters. The molecule has 0 bridgehead atoms. The van der Waals surface area contributed by atoms with Gasteiger partial charge in [-0.1, -0.05) is 17.4 Å². The average Bonchev–Trinajstić information content (AvgIpc) is 3.20. The summed E-state index contributed by atoms with van der Waals surface area (Å²) in [7, 11) is 0. The number of nitrogens with one attached hydrogen (secondary N) is 1. The van der Waals surface area contributed by atoms with E-state index < -0.39 is 29.7 Å². The first kappa shape index (κ1) is 18.7. The summed E-state index contributed by atoms with van der Waals surface area (Å²) in [5, 5.41) is 11.8. The van der Waals surface area contributed by atoms with Gasteiger partial charge in [0.25, 0.3) is 11.8 Å². The van der Waals surface area contributed by atoms with E-state index in [1.165, 1.54) is 29.3 Å². The summed E-state index contributed by atoms with van der Waals surface area (Å²) in [6.45, 7) is 3.61. The molecule has 9 heteroatoms. The van der Waals surface area contributed by atoms with Crippen molar-refractivity contribution in [1.82, 2.24) is 5.01 Å². The molecule has 2 aliphatic heterocycles. The summed E-state index contributed by atoms with van der Waals surface area (Å²) in [6, 6.07) is 8.59. The molecular formula is C20H18FN5O3. The van der Waals surface area contributed by atoms with Crippen molar-refractivity contribution in [2.24, 2.45) is 10.3 Å². The van der Waals surface area contributed by atoms with E-state index in [0.29, 0.717) is 5.69 Å². The molecule has 148 valence electrons. The van der Waals surface area contributed by atoms with Crippen LogP contribution in [0.3, 0.4) is 0 Å². The van der Waals surface area contributed by atoms with Crippen molar-refractivity contribution >= 4 is 29.1 Å². The normalized spacial score (nSPS) is 20.4. The number of carbonyl (C=O) groups is 3. The number of anilines is 2. The number of amides is 3. The topological polar surface area (TPSA) is 94.4 Å². The molecule has 8 nitrogen and oxygen atoms in total. The number of halogens is 1. The zero-order valence-electron chi connectivity index (χ0n) is 15.8. The van der Waals surface area contributed by atoms with E-state index in [4.69, 9.17) is 0 Å². The van der Waals surface area contributed by atoms with Crippen LogP contribution in [0.1, 0.15) is 11.1 Å². The van der Waals surface area contributed by atoms with Crippen LogP contribution in [0.4, 0.5) is 15.8 Å². The maximum atomic E-state index is 13.2. The molecule has 0 aliphatic carbocycles. The lowest BCUT2D eigenvalue weighted by molar-refractivity contribution is -0.123. The molecule has 4 rings (SSSR count). The lowest BCUT2D eigenvalue weighted by atomic mass is 10.1. The van der Waals surface area contributed by atoms with Crippen LogP contribution >= 0.6 is 0 Å². The molecule has 2 heterocycles. The third-order valence-electron chi connectivity index (χ3n) is 5.13. The summed E-state index contributed by atoms with van der Waals surface area (Å²) in [6.07, 6.45) is 0. The van der Waals surface area contributed by atoms with Gasteiger partial charge in [0.15, 0.2) is 12.1 Å². The fourth-order valence-corrected chi connectivity index (χ4v) is 3.42. The highest BCUT2D eigenvalue weighted by Gasteiger charge is 2.55. The second-order valence-corrected chi connectivity index (χ2v) is 6.98. The minimum Gasteiger partial charge on any atom is -0.324 e. The van der Waals surface area contributed by atoms with E-state index in [1.54, 1.807) is 6.07 Å². The van der Waals surface area contributed by atoms with Gasteiger partial charge in [0, 0.05) is 5.69 Å². The molecule has 1 saturated heterocycles. The molecule has 2 atom stereocenters. The number of rotatable bonds is 4. The van der Waals surface area contributed by atoms with Crippen LogP contribution in [-0.4, -0.2) is 41.4 Å². The Kier molecular flexibility index (Phi) is 4.57. The van der Waals surface area contributed by atoms with Crippen LogP contribution in [-0.2, 0) is 14.4 Å². The zero-order chi connectivity index (χ0) is 20.7. The van der Waals surface area contributed by atoms with Crippen molar-refractivity contribution in [2.75, 3.05) is 16.8 Å². The fraction of sp³-hybridized carbons (Fsp3) is 0.250. The van der Waals surface area contributed by atoms with Crippen molar-refractivity contribution < 1.29 is 18.8 Å². The fourth-order valence-electron chi connectivity index (χ4n) is 3.42. The van der Waals surface area contributed by atoms with Crippen LogP contribution < -0.4 is 10.2 Å². The number of imide groups is 1. The Morgan fingerprint density at radius 2 is 1.83 bits per heavy atom. The van der Waals surface area contributed by atoms with Crippen molar-refractivity contribution in [3.8, 4) is 0 Å². The van der Waals surface area contributed by atoms with Gasteiger partial charge in [0.1, 0.15) is 12.4 Å². The molecule has 29 heavy (non-hydrogen) atoms. The maximum Gasteiger partial charge on any atom is 0.263 e. The smallest absolute Gasteiger partial charge is 0.263 e. The molecule has 2 aliphatic rings. The summed E-state index contributed by atoms with van der Waals surface area (Å²) in [5.41, 5.74) is 2.90. The number of hydrogen-bond donors (Lipinski definition) is 1. The molecule has 0 aromatic heterocycles. The number of hydrogen-bond acceptors (Lipinski definition) is 6. The van der Waals surface area contributed by atoms with Crippen LogP contribution in [0.15, 0.2) is 52.8 Å². The first-order chi connectivity index (χ1) is 13.9. The number of fused-ring (bicyclic) bond motifs is 1. The van der Waals surface area contributed by atoms with E-state index in [0.717, 1.165) is 16.0 Å². The Morgan fingerprint density at radius 3 is 2.55 bits per heavy atom.